The van der Waals surface area contributed by atoms with Crippen molar-refractivity contribution in [2.45, 2.75) is 31.7 Å². The lowest BCUT2D eigenvalue weighted by Gasteiger charge is -2.34. The number of ether oxygens (including phenoxy) is 1. The second kappa shape index (κ2) is 9.54. The maximum Gasteiger partial charge on any atom is 0.269 e. The van der Waals surface area contributed by atoms with Crippen LogP contribution in [-0.2, 0) is 21.8 Å². The summed E-state index contributed by atoms with van der Waals surface area (Å²) in [4.78, 5) is 16.7. The van der Waals surface area contributed by atoms with Crippen LogP contribution in [0.5, 0.6) is 0 Å². The molecular weight excluding hydrogens is 516 g/mol. The number of aromatic nitrogens is 7. The Hall–Kier alpha value is -4.16. The zero-order chi connectivity index (χ0) is 27.3. The Morgan fingerprint density at radius 3 is 2.56 bits per heavy atom. The number of hydrogen-bond acceptors (Lipinski definition) is 9. The van der Waals surface area contributed by atoms with Crippen LogP contribution in [0, 0.1) is 13.8 Å². The van der Waals surface area contributed by atoms with Crippen LogP contribution in [-0.4, -0.2) is 68.1 Å². The molecule has 1 aliphatic rings. The van der Waals surface area contributed by atoms with E-state index in [1.807, 2.05) is 33.0 Å². The van der Waals surface area contributed by atoms with Crippen molar-refractivity contribution in [2.75, 3.05) is 24.7 Å². The molecule has 200 valence electrons. The van der Waals surface area contributed by atoms with Gasteiger partial charge in [0.25, 0.3) is 10.0 Å². The Morgan fingerprint density at radius 1 is 1.05 bits per heavy atom. The van der Waals surface area contributed by atoms with Crippen molar-refractivity contribution in [2.24, 2.45) is 7.05 Å². The van der Waals surface area contributed by atoms with Crippen LogP contribution in [0.15, 0.2) is 59.8 Å². The van der Waals surface area contributed by atoms with Gasteiger partial charge in [0.1, 0.15) is 11.5 Å². The molecule has 1 aliphatic heterocycles. The van der Waals surface area contributed by atoms with Gasteiger partial charge >= 0.3 is 0 Å². The lowest BCUT2D eigenvalue weighted by molar-refractivity contribution is 0.0985. The zero-order valence-corrected chi connectivity index (χ0v) is 22.9. The first-order valence-corrected chi connectivity index (χ1v) is 14.1. The summed E-state index contributed by atoms with van der Waals surface area (Å²) in [5.74, 6) is 1.21. The number of aryl methyl sites for hydroxylation is 3. The van der Waals surface area contributed by atoms with E-state index in [0.717, 1.165) is 22.8 Å². The molecule has 5 heterocycles. The smallest absolute Gasteiger partial charge is 0.269 e. The third kappa shape index (κ3) is 4.35. The van der Waals surface area contributed by atoms with Crippen LogP contribution in [0.2, 0.25) is 0 Å². The molecular formula is C27H28N8O3S. The molecule has 39 heavy (non-hydrogen) atoms. The lowest BCUT2D eigenvalue weighted by atomic mass is 10.1. The first-order valence-electron chi connectivity index (χ1n) is 12.6. The van der Waals surface area contributed by atoms with Gasteiger partial charge in [0, 0.05) is 43.0 Å². The molecule has 1 fully saturated rings. The van der Waals surface area contributed by atoms with Gasteiger partial charge in [0.15, 0.2) is 11.5 Å². The highest BCUT2D eigenvalue weighted by atomic mass is 32.2. The molecule has 12 heteroatoms. The van der Waals surface area contributed by atoms with E-state index in [2.05, 4.69) is 27.1 Å². The summed E-state index contributed by atoms with van der Waals surface area (Å²) in [5, 5.41) is 9.00. The molecule has 0 bridgehead atoms. The summed E-state index contributed by atoms with van der Waals surface area (Å²) in [5.41, 5.74) is 4.17. The zero-order valence-electron chi connectivity index (χ0n) is 22.1. The number of rotatable bonds is 5. The van der Waals surface area contributed by atoms with Crippen LogP contribution in [0.3, 0.4) is 0 Å². The Bertz CT molecular complexity index is 1770. The van der Waals surface area contributed by atoms with Crippen LogP contribution in [0.4, 0.5) is 5.82 Å². The molecule has 0 spiro atoms. The Balaban J connectivity index is 1.53. The Labute approximate surface area is 226 Å². The quantitative estimate of drug-likeness (QED) is 0.328. The molecule has 0 saturated carbocycles. The molecule has 1 saturated heterocycles. The van der Waals surface area contributed by atoms with Crippen molar-refractivity contribution < 1.29 is 13.2 Å². The van der Waals surface area contributed by atoms with Crippen molar-refractivity contribution >= 4 is 26.9 Å². The van der Waals surface area contributed by atoms with Crippen molar-refractivity contribution in [1.29, 1.82) is 0 Å². The number of pyridine rings is 1. The van der Waals surface area contributed by atoms with Crippen LogP contribution in [0.25, 0.3) is 33.8 Å². The second-order valence-corrected chi connectivity index (χ2v) is 11.5. The van der Waals surface area contributed by atoms with Gasteiger partial charge in [0.05, 0.1) is 35.5 Å². The minimum atomic E-state index is -3.85. The van der Waals surface area contributed by atoms with Gasteiger partial charge in [-0.15, -0.1) is 5.10 Å². The first-order chi connectivity index (χ1) is 18.7. The fraction of sp³-hybridized carbons (Fsp3) is 0.296. The summed E-state index contributed by atoms with van der Waals surface area (Å²) < 4.78 is 35.6. The van der Waals surface area contributed by atoms with Crippen LogP contribution in [0.1, 0.15) is 18.2 Å². The SMILES string of the molecule is Cc1ccc(S(=O)(=O)n2ccc3c(-c4nc(-c5c(C)nnn5C)cc(N5CCOC[C@H]5C)n4)ccnc32)cc1. The number of nitrogens with zero attached hydrogens (tertiary/aromatic N) is 8. The van der Waals surface area contributed by atoms with Gasteiger partial charge in [-0.25, -0.2) is 32.0 Å². The summed E-state index contributed by atoms with van der Waals surface area (Å²) in [6.07, 6.45) is 3.11. The minimum Gasteiger partial charge on any atom is -0.377 e. The number of fused-ring (bicyclic) bond motifs is 1. The highest BCUT2D eigenvalue weighted by molar-refractivity contribution is 7.90. The summed E-state index contributed by atoms with van der Waals surface area (Å²) in [7, 11) is -2.03. The van der Waals surface area contributed by atoms with E-state index in [1.165, 1.54) is 10.2 Å². The fourth-order valence-corrected chi connectivity index (χ4v) is 6.23. The highest BCUT2D eigenvalue weighted by Gasteiger charge is 2.25. The van der Waals surface area contributed by atoms with E-state index < -0.39 is 10.0 Å². The molecule has 0 unspecified atom stereocenters. The highest BCUT2D eigenvalue weighted by Crippen LogP contribution is 2.32. The molecule has 5 aromatic rings. The van der Waals surface area contributed by atoms with Crippen molar-refractivity contribution in [3.8, 4) is 22.8 Å². The van der Waals surface area contributed by atoms with E-state index >= 15 is 0 Å². The predicted octanol–water partition coefficient (Wildman–Crippen LogP) is 3.37. The normalized spacial score (nSPS) is 16.2. The van der Waals surface area contributed by atoms with Crippen molar-refractivity contribution in [1.82, 2.24) is 33.9 Å². The molecule has 0 N–H and O–H groups in total. The molecule has 11 nitrogen and oxygen atoms in total. The molecule has 0 amide bonds. The molecule has 1 aromatic carbocycles. The molecule has 0 radical (unpaired) electrons. The van der Waals surface area contributed by atoms with Crippen molar-refractivity contribution in [3.05, 3.63) is 66.1 Å². The van der Waals surface area contributed by atoms with Gasteiger partial charge < -0.3 is 9.64 Å². The Morgan fingerprint density at radius 2 is 1.85 bits per heavy atom. The Kier molecular flexibility index (Phi) is 6.15. The third-order valence-corrected chi connectivity index (χ3v) is 8.67. The van der Waals surface area contributed by atoms with E-state index in [1.54, 1.807) is 41.2 Å². The van der Waals surface area contributed by atoms with E-state index in [9.17, 15) is 8.42 Å². The molecule has 4 aromatic heterocycles. The predicted molar refractivity (Wildman–Crippen MR) is 147 cm³/mol. The molecule has 0 aliphatic carbocycles. The average Bonchev–Trinajstić information content (AvgIpc) is 3.52. The van der Waals surface area contributed by atoms with Crippen LogP contribution >= 0.6 is 0 Å². The first kappa shape index (κ1) is 25.1. The van der Waals surface area contributed by atoms with E-state index in [-0.39, 0.29) is 10.9 Å². The standard InChI is InChI=1S/C27H28N8O3S/c1-17-5-7-20(8-6-17)39(36,37)35-12-10-22-21(9-11-28-27(22)35)26-29-23(25-19(3)31-32-33(25)4)15-24(30-26)34-13-14-38-16-18(34)2/h5-12,15,18H,13-14,16H2,1-4H3/t18-/m1/s1. The van der Waals surface area contributed by atoms with Crippen molar-refractivity contribution in [3.63, 3.8) is 0 Å². The van der Waals surface area contributed by atoms with E-state index in [4.69, 9.17) is 14.7 Å². The largest absolute Gasteiger partial charge is 0.377 e. The number of morpholine rings is 1. The van der Waals surface area contributed by atoms with Gasteiger partial charge in [-0.05, 0) is 45.0 Å². The van der Waals surface area contributed by atoms with E-state index in [0.29, 0.717) is 47.9 Å². The number of benzene rings is 1. The molecule has 6 rings (SSSR count). The fourth-order valence-electron chi connectivity index (χ4n) is 4.93. The summed E-state index contributed by atoms with van der Waals surface area (Å²) in [6, 6.07) is 12.4. The maximum atomic E-state index is 13.5. The topological polar surface area (TPSA) is 121 Å². The average molecular weight is 545 g/mol. The lowest BCUT2D eigenvalue weighted by Crippen LogP contribution is -2.44. The second-order valence-electron chi connectivity index (χ2n) is 9.72. The van der Waals surface area contributed by atoms with Gasteiger partial charge in [-0.1, -0.05) is 22.9 Å². The maximum absolute atomic E-state index is 13.5. The van der Waals surface area contributed by atoms with Crippen LogP contribution < -0.4 is 4.90 Å². The van der Waals surface area contributed by atoms with Gasteiger partial charge in [0.2, 0.25) is 0 Å². The molecule has 1 atom stereocenters. The summed E-state index contributed by atoms with van der Waals surface area (Å²) in [6.45, 7) is 7.79. The third-order valence-electron chi connectivity index (χ3n) is 6.99. The van der Waals surface area contributed by atoms with Gasteiger partial charge in [-0.3, -0.25) is 0 Å². The number of anilines is 1. The van der Waals surface area contributed by atoms with Gasteiger partial charge in [-0.2, -0.15) is 0 Å². The summed E-state index contributed by atoms with van der Waals surface area (Å²) >= 11 is 0. The monoisotopic (exact) mass is 544 g/mol. The minimum absolute atomic E-state index is 0.123. The number of hydrogen-bond donors (Lipinski definition) is 0.